The normalized spacial score (nSPS) is 17.0. The Morgan fingerprint density at radius 2 is 2.10 bits per heavy atom. The summed E-state index contributed by atoms with van der Waals surface area (Å²) in [5.41, 5.74) is 2.20. The van der Waals surface area contributed by atoms with E-state index in [1.165, 1.54) is 17.7 Å². The van der Waals surface area contributed by atoms with Gasteiger partial charge in [-0.25, -0.2) is 9.67 Å². The molecule has 1 aliphatic rings. The van der Waals surface area contributed by atoms with Gasteiger partial charge in [-0.05, 0) is 70.1 Å². The fourth-order valence-electron chi connectivity index (χ4n) is 4.19. The van der Waals surface area contributed by atoms with Crippen molar-refractivity contribution in [3.05, 3.63) is 45.9 Å². The fraction of sp³-hybridized carbons (Fsp3) is 0.522. The van der Waals surface area contributed by atoms with Crippen LogP contribution in [0.3, 0.4) is 0 Å². The molecule has 160 valence electrons. The number of nitrogens with zero attached hydrogens (tertiary/aromatic N) is 4. The number of amides is 1. The predicted octanol–water partition coefficient (Wildman–Crippen LogP) is 4.59. The predicted molar refractivity (Wildman–Crippen MR) is 122 cm³/mol. The maximum Gasteiger partial charge on any atom is 0.253 e. The standard InChI is InChI=1S/C23H31N5OS/c1-15(2)28-22-18(13-25-28)12-19(17(4)26-22)23(29)24-14-20(21-6-5-11-30-21)27-9-7-16(3)8-10-27/h5-6,11-13,15-16,20H,7-10,14H2,1-4H3,(H,24,29). The van der Waals surface area contributed by atoms with Gasteiger partial charge < -0.3 is 5.32 Å². The summed E-state index contributed by atoms with van der Waals surface area (Å²) in [6, 6.07) is 6.64. The zero-order valence-electron chi connectivity index (χ0n) is 18.3. The molecule has 0 radical (unpaired) electrons. The molecular weight excluding hydrogens is 394 g/mol. The van der Waals surface area contributed by atoms with Crippen molar-refractivity contribution in [3.8, 4) is 0 Å². The molecule has 6 nitrogen and oxygen atoms in total. The van der Waals surface area contributed by atoms with Crippen molar-refractivity contribution >= 4 is 28.3 Å². The van der Waals surface area contributed by atoms with Crippen molar-refractivity contribution in [2.45, 2.75) is 52.6 Å². The lowest BCUT2D eigenvalue weighted by Crippen LogP contribution is -2.41. The fourth-order valence-corrected chi connectivity index (χ4v) is 5.05. The number of hydrogen-bond acceptors (Lipinski definition) is 5. The second kappa shape index (κ2) is 8.86. The van der Waals surface area contributed by atoms with Crippen LogP contribution in [0.25, 0.3) is 11.0 Å². The average molecular weight is 426 g/mol. The molecule has 4 heterocycles. The van der Waals surface area contributed by atoms with Gasteiger partial charge in [0, 0.05) is 22.8 Å². The van der Waals surface area contributed by atoms with Gasteiger partial charge in [0.25, 0.3) is 5.91 Å². The highest BCUT2D eigenvalue weighted by molar-refractivity contribution is 7.10. The molecular formula is C23H31N5OS. The van der Waals surface area contributed by atoms with Crippen molar-refractivity contribution < 1.29 is 4.79 Å². The molecule has 0 aliphatic carbocycles. The smallest absolute Gasteiger partial charge is 0.253 e. The summed E-state index contributed by atoms with van der Waals surface area (Å²) in [6.07, 6.45) is 4.23. The molecule has 30 heavy (non-hydrogen) atoms. The number of carbonyl (C=O) groups is 1. The summed E-state index contributed by atoms with van der Waals surface area (Å²) in [5.74, 6) is 0.721. The van der Waals surface area contributed by atoms with E-state index in [1.807, 2.05) is 17.7 Å². The Balaban J connectivity index is 1.51. The molecule has 1 unspecified atom stereocenters. The van der Waals surface area contributed by atoms with E-state index in [0.29, 0.717) is 12.1 Å². The van der Waals surface area contributed by atoms with Crippen LogP contribution in [0, 0.1) is 12.8 Å². The number of rotatable bonds is 6. The first-order valence-corrected chi connectivity index (χ1v) is 11.7. The van der Waals surface area contributed by atoms with E-state index in [1.54, 1.807) is 17.5 Å². The number of carbonyl (C=O) groups excluding carboxylic acids is 1. The lowest BCUT2D eigenvalue weighted by Gasteiger charge is -2.36. The Morgan fingerprint density at radius 1 is 1.33 bits per heavy atom. The van der Waals surface area contributed by atoms with Crippen LogP contribution in [-0.2, 0) is 0 Å². The van der Waals surface area contributed by atoms with Gasteiger partial charge >= 0.3 is 0 Å². The van der Waals surface area contributed by atoms with Crippen LogP contribution < -0.4 is 5.32 Å². The lowest BCUT2D eigenvalue weighted by molar-refractivity contribution is 0.0914. The first kappa shape index (κ1) is 21.0. The van der Waals surface area contributed by atoms with E-state index in [0.717, 1.165) is 35.7 Å². The number of aromatic nitrogens is 3. The van der Waals surface area contributed by atoms with Crippen LogP contribution in [-0.4, -0.2) is 45.2 Å². The third kappa shape index (κ3) is 4.27. The van der Waals surface area contributed by atoms with Gasteiger partial charge in [0.15, 0.2) is 5.65 Å². The molecule has 1 amide bonds. The topological polar surface area (TPSA) is 63.1 Å². The third-order valence-electron chi connectivity index (χ3n) is 6.08. The molecule has 3 aromatic heterocycles. The molecule has 0 bridgehead atoms. The molecule has 0 spiro atoms. The number of aryl methyl sites for hydroxylation is 1. The molecule has 1 atom stereocenters. The minimum absolute atomic E-state index is 0.0638. The number of piperidine rings is 1. The highest BCUT2D eigenvalue weighted by Gasteiger charge is 2.26. The Kier molecular flexibility index (Phi) is 6.20. The first-order valence-electron chi connectivity index (χ1n) is 10.8. The maximum absolute atomic E-state index is 13.1. The van der Waals surface area contributed by atoms with Gasteiger partial charge in [0.1, 0.15) is 0 Å². The Morgan fingerprint density at radius 3 is 2.77 bits per heavy atom. The van der Waals surface area contributed by atoms with Crippen molar-refractivity contribution in [3.63, 3.8) is 0 Å². The number of likely N-dealkylation sites (tertiary alicyclic amines) is 1. The number of hydrogen-bond donors (Lipinski definition) is 1. The van der Waals surface area contributed by atoms with E-state index in [-0.39, 0.29) is 18.0 Å². The molecule has 3 aromatic rings. The molecule has 0 saturated carbocycles. The van der Waals surface area contributed by atoms with Crippen molar-refractivity contribution in [2.24, 2.45) is 5.92 Å². The Bertz CT molecular complexity index is 1000. The number of pyridine rings is 1. The largest absolute Gasteiger partial charge is 0.350 e. The van der Waals surface area contributed by atoms with E-state index >= 15 is 0 Å². The summed E-state index contributed by atoms with van der Waals surface area (Å²) in [6.45, 7) is 11.2. The van der Waals surface area contributed by atoms with Gasteiger partial charge in [0.05, 0.1) is 23.5 Å². The molecule has 1 aliphatic heterocycles. The van der Waals surface area contributed by atoms with Crippen molar-refractivity contribution in [1.82, 2.24) is 25.0 Å². The van der Waals surface area contributed by atoms with Crippen LogP contribution in [0.5, 0.6) is 0 Å². The van der Waals surface area contributed by atoms with Gasteiger partial charge in [-0.2, -0.15) is 5.10 Å². The average Bonchev–Trinajstić information content (AvgIpc) is 3.38. The highest BCUT2D eigenvalue weighted by Crippen LogP contribution is 2.29. The minimum atomic E-state index is -0.0638. The van der Waals surface area contributed by atoms with Crippen LogP contribution in [0.2, 0.25) is 0 Å². The number of thiophene rings is 1. The van der Waals surface area contributed by atoms with Crippen LogP contribution in [0.4, 0.5) is 0 Å². The van der Waals surface area contributed by atoms with E-state index in [4.69, 9.17) is 0 Å². The Hall–Kier alpha value is -2.25. The third-order valence-corrected chi connectivity index (χ3v) is 7.05. The minimum Gasteiger partial charge on any atom is -0.350 e. The zero-order valence-corrected chi connectivity index (χ0v) is 19.1. The second-order valence-corrected chi connectivity index (χ2v) is 9.66. The monoisotopic (exact) mass is 425 g/mol. The van der Waals surface area contributed by atoms with Gasteiger partial charge in [-0.15, -0.1) is 11.3 Å². The summed E-state index contributed by atoms with van der Waals surface area (Å²) in [5, 5.41) is 10.6. The SMILES string of the molecule is Cc1nc2c(cnn2C(C)C)cc1C(=O)NCC(c1cccs1)N1CCC(C)CC1. The van der Waals surface area contributed by atoms with Crippen molar-refractivity contribution in [2.75, 3.05) is 19.6 Å². The summed E-state index contributed by atoms with van der Waals surface area (Å²) >= 11 is 1.77. The number of nitrogens with one attached hydrogen (secondary N) is 1. The van der Waals surface area contributed by atoms with E-state index < -0.39 is 0 Å². The van der Waals surface area contributed by atoms with Gasteiger partial charge in [-0.3, -0.25) is 9.69 Å². The summed E-state index contributed by atoms with van der Waals surface area (Å²) < 4.78 is 1.90. The molecule has 7 heteroatoms. The van der Waals surface area contributed by atoms with Crippen LogP contribution in [0.1, 0.15) is 66.6 Å². The second-order valence-electron chi connectivity index (χ2n) is 8.68. The van der Waals surface area contributed by atoms with Crippen LogP contribution in [0.15, 0.2) is 29.8 Å². The molecule has 0 aromatic carbocycles. The van der Waals surface area contributed by atoms with E-state index in [2.05, 4.69) is 58.6 Å². The molecule has 1 saturated heterocycles. The maximum atomic E-state index is 13.1. The number of fused-ring (bicyclic) bond motifs is 1. The molecule has 1 fully saturated rings. The first-order chi connectivity index (χ1) is 14.4. The van der Waals surface area contributed by atoms with E-state index in [9.17, 15) is 4.79 Å². The van der Waals surface area contributed by atoms with Crippen LogP contribution >= 0.6 is 11.3 Å². The van der Waals surface area contributed by atoms with Gasteiger partial charge in [0.2, 0.25) is 0 Å². The summed E-state index contributed by atoms with van der Waals surface area (Å²) in [4.78, 5) is 21.6. The lowest BCUT2D eigenvalue weighted by atomic mass is 9.97. The molecule has 4 rings (SSSR count). The molecule has 1 N–H and O–H groups in total. The summed E-state index contributed by atoms with van der Waals surface area (Å²) in [7, 11) is 0. The highest BCUT2D eigenvalue weighted by atomic mass is 32.1. The Labute approximate surface area is 182 Å². The quantitative estimate of drug-likeness (QED) is 0.628. The van der Waals surface area contributed by atoms with Crippen molar-refractivity contribution in [1.29, 1.82) is 0 Å². The van der Waals surface area contributed by atoms with Gasteiger partial charge in [-0.1, -0.05) is 13.0 Å². The zero-order chi connectivity index (χ0) is 21.3.